The maximum Gasteiger partial charge on any atom is 0.0337 e. The van der Waals surface area contributed by atoms with Crippen molar-refractivity contribution >= 4 is 8.80 Å². The van der Waals surface area contributed by atoms with Crippen molar-refractivity contribution in [3.8, 4) is 0 Å². The van der Waals surface area contributed by atoms with Crippen LogP contribution in [0.3, 0.4) is 0 Å². The quantitative estimate of drug-likeness (QED) is 0.543. The van der Waals surface area contributed by atoms with Crippen LogP contribution in [0.25, 0.3) is 0 Å². The molecule has 0 amide bonds. The van der Waals surface area contributed by atoms with E-state index in [1.165, 1.54) is 57.8 Å². The predicted molar refractivity (Wildman–Crippen MR) is 73.4 cm³/mol. The van der Waals surface area contributed by atoms with Crippen LogP contribution < -0.4 is 0 Å². The fourth-order valence-corrected chi connectivity index (χ4v) is 4.67. The Bertz CT molecular complexity index is 130. The highest BCUT2D eigenvalue weighted by Crippen LogP contribution is 2.27. The summed E-state index contributed by atoms with van der Waals surface area (Å²) in [6.45, 7) is 5.10. The average molecular weight is 226 g/mol. The van der Waals surface area contributed by atoms with Gasteiger partial charge in [-0.25, -0.2) is 0 Å². The Balaban J connectivity index is 2.25. The molecular weight excluding hydrogens is 196 g/mol. The van der Waals surface area contributed by atoms with Gasteiger partial charge in [0.2, 0.25) is 0 Å². The highest BCUT2D eigenvalue weighted by atomic mass is 28.3. The fourth-order valence-electron chi connectivity index (χ4n) is 2.86. The Hall–Kier alpha value is 0.217. The number of rotatable bonds is 1. The molecule has 0 bridgehead atoms. The maximum absolute atomic E-state index is 2.55. The third-order valence-electron chi connectivity index (χ3n) is 4.09. The van der Waals surface area contributed by atoms with Crippen LogP contribution in [0.15, 0.2) is 0 Å². The average Bonchev–Trinajstić information content (AvgIpc) is 2.18. The standard InChI is InChI=1S/C14H30Si/c1-15(2)14-12-10-8-6-4-3-5-7-9-11-13-14/h14-15H,3-13H2,1-2H3. The molecular formula is C14H30Si. The summed E-state index contributed by atoms with van der Waals surface area (Å²) in [5.74, 6) is 0. The van der Waals surface area contributed by atoms with Crippen molar-refractivity contribution in [2.45, 2.75) is 89.3 Å². The Labute approximate surface area is 98.5 Å². The molecule has 0 heterocycles. The molecule has 1 aliphatic rings. The number of hydrogen-bond acceptors (Lipinski definition) is 0. The minimum atomic E-state index is -0.362. The third-order valence-corrected chi connectivity index (χ3v) is 6.64. The molecule has 0 aromatic rings. The van der Waals surface area contributed by atoms with Crippen LogP contribution in [0.1, 0.15) is 70.6 Å². The molecule has 1 saturated carbocycles. The second kappa shape index (κ2) is 8.38. The van der Waals surface area contributed by atoms with E-state index in [4.69, 9.17) is 0 Å². The molecule has 0 saturated heterocycles. The van der Waals surface area contributed by atoms with E-state index >= 15 is 0 Å². The summed E-state index contributed by atoms with van der Waals surface area (Å²) in [5, 5.41) is 0. The van der Waals surface area contributed by atoms with Gasteiger partial charge in [0, 0.05) is 8.80 Å². The second-order valence-electron chi connectivity index (χ2n) is 5.76. The molecule has 0 spiro atoms. The van der Waals surface area contributed by atoms with E-state index in [-0.39, 0.29) is 8.80 Å². The highest BCUT2D eigenvalue weighted by Gasteiger charge is 2.13. The monoisotopic (exact) mass is 226 g/mol. The summed E-state index contributed by atoms with van der Waals surface area (Å²) in [4.78, 5) is 0. The molecule has 15 heavy (non-hydrogen) atoms. The molecule has 0 radical (unpaired) electrons. The van der Waals surface area contributed by atoms with E-state index in [1.807, 2.05) is 0 Å². The van der Waals surface area contributed by atoms with Gasteiger partial charge in [-0.05, 0) is 5.54 Å². The first-order valence-corrected chi connectivity index (χ1v) is 10.3. The number of hydrogen-bond donors (Lipinski definition) is 0. The molecule has 1 rings (SSSR count). The van der Waals surface area contributed by atoms with Gasteiger partial charge in [-0.15, -0.1) is 0 Å². The summed E-state index contributed by atoms with van der Waals surface area (Å²) in [6, 6.07) is 0. The van der Waals surface area contributed by atoms with Gasteiger partial charge in [0.25, 0.3) is 0 Å². The first kappa shape index (κ1) is 13.3. The SMILES string of the molecule is C[SiH](C)C1CCCCCCCCCCC1. The van der Waals surface area contributed by atoms with E-state index in [2.05, 4.69) is 13.1 Å². The zero-order valence-electron chi connectivity index (χ0n) is 10.9. The summed E-state index contributed by atoms with van der Waals surface area (Å²) in [5.41, 5.74) is 1.16. The van der Waals surface area contributed by atoms with Gasteiger partial charge in [0.1, 0.15) is 0 Å². The predicted octanol–water partition coefficient (Wildman–Crippen LogP) is 5.15. The summed E-state index contributed by atoms with van der Waals surface area (Å²) >= 11 is 0. The largest absolute Gasteiger partial charge is 0.0720 e. The van der Waals surface area contributed by atoms with Gasteiger partial charge in [-0.1, -0.05) is 83.7 Å². The lowest BCUT2D eigenvalue weighted by Crippen LogP contribution is -2.12. The van der Waals surface area contributed by atoms with Gasteiger partial charge in [0.05, 0.1) is 0 Å². The second-order valence-corrected chi connectivity index (χ2v) is 9.19. The van der Waals surface area contributed by atoms with Crippen molar-refractivity contribution in [3.63, 3.8) is 0 Å². The zero-order chi connectivity index (χ0) is 10.9. The van der Waals surface area contributed by atoms with Crippen LogP contribution in [0.2, 0.25) is 18.6 Å². The van der Waals surface area contributed by atoms with Gasteiger partial charge >= 0.3 is 0 Å². The molecule has 0 nitrogen and oxygen atoms in total. The van der Waals surface area contributed by atoms with Gasteiger partial charge in [0.15, 0.2) is 0 Å². The van der Waals surface area contributed by atoms with Crippen LogP contribution >= 0.6 is 0 Å². The summed E-state index contributed by atoms with van der Waals surface area (Å²) in [7, 11) is -0.362. The summed E-state index contributed by atoms with van der Waals surface area (Å²) in [6.07, 6.45) is 16.7. The minimum Gasteiger partial charge on any atom is -0.0720 e. The molecule has 1 heteroatoms. The van der Waals surface area contributed by atoms with Crippen LogP contribution in [0, 0.1) is 0 Å². The van der Waals surface area contributed by atoms with Gasteiger partial charge < -0.3 is 0 Å². The third kappa shape index (κ3) is 6.39. The topological polar surface area (TPSA) is 0 Å². The van der Waals surface area contributed by atoms with Gasteiger partial charge in [-0.2, -0.15) is 0 Å². The van der Waals surface area contributed by atoms with E-state index in [0.29, 0.717) is 0 Å². The first-order chi connectivity index (χ1) is 7.30. The van der Waals surface area contributed by atoms with E-state index in [1.54, 1.807) is 12.8 Å². The molecule has 0 aliphatic heterocycles. The normalized spacial score (nSPS) is 23.4. The lowest BCUT2D eigenvalue weighted by molar-refractivity contribution is 0.501. The van der Waals surface area contributed by atoms with Crippen LogP contribution in [0.5, 0.6) is 0 Å². The lowest BCUT2D eigenvalue weighted by Gasteiger charge is -2.20. The Kier molecular flexibility index (Phi) is 7.42. The first-order valence-electron chi connectivity index (χ1n) is 7.30. The molecule has 1 fully saturated rings. The van der Waals surface area contributed by atoms with Crippen LogP contribution in [0.4, 0.5) is 0 Å². The Morgan fingerprint density at radius 3 is 1.27 bits per heavy atom. The fraction of sp³-hybridized carbons (Fsp3) is 1.00. The molecule has 0 atom stereocenters. The molecule has 1 aliphatic carbocycles. The Morgan fingerprint density at radius 1 is 0.600 bits per heavy atom. The minimum absolute atomic E-state index is 0.362. The van der Waals surface area contributed by atoms with Crippen molar-refractivity contribution in [2.75, 3.05) is 0 Å². The van der Waals surface area contributed by atoms with Crippen molar-refractivity contribution in [1.29, 1.82) is 0 Å². The zero-order valence-corrected chi connectivity index (χ0v) is 12.1. The van der Waals surface area contributed by atoms with Gasteiger partial charge in [-0.3, -0.25) is 0 Å². The molecule has 0 aromatic heterocycles. The van der Waals surface area contributed by atoms with Crippen LogP contribution in [-0.4, -0.2) is 8.80 Å². The molecule has 0 unspecified atom stereocenters. The van der Waals surface area contributed by atoms with Crippen molar-refractivity contribution in [3.05, 3.63) is 0 Å². The van der Waals surface area contributed by atoms with E-state index in [0.717, 1.165) is 5.54 Å². The smallest absolute Gasteiger partial charge is 0.0337 e. The van der Waals surface area contributed by atoms with Crippen molar-refractivity contribution in [1.82, 2.24) is 0 Å². The highest BCUT2D eigenvalue weighted by molar-refractivity contribution is 6.57. The molecule has 90 valence electrons. The van der Waals surface area contributed by atoms with E-state index < -0.39 is 0 Å². The Morgan fingerprint density at radius 2 is 0.933 bits per heavy atom. The van der Waals surface area contributed by atoms with Crippen LogP contribution in [-0.2, 0) is 0 Å². The maximum atomic E-state index is 2.55. The molecule has 0 N–H and O–H groups in total. The van der Waals surface area contributed by atoms with Crippen molar-refractivity contribution in [2.24, 2.45) is 0 Å². The summed E-state index contributed by atoms with van der Waals surface area (Å²) < 4.78 is 0. The van der Waals surface area contributed by atoms with Crippen molar-refractivity contribution < 1.29 is 0 Å². The molecule has 0 aromatic carbocycles. The lowest BCUT2D eigenvalue weighted by atomic mass is 10.0. The van der Waals surface area contributed by atoms with E-state index in [9.17, 15) is 0 Å².